The molecule has 3 rings (SSSR count). The van der Waals surface area contributed by atoms with Gasteiger partial charge < -0.3 is 9.88 Å². The lowest BCUT2D eigenvalue weighted by Gasteiger charge is -2.15. The van der Waals surface area contributed by atoms with Gasteiger partial charge in [0.2, 0.25) is 15.9 Å². The van der Waals surface area contributed by atoms with E-state index >= 15 is 0 Å². The van der Waals surface area contributed by atoms with Gasteiger partial charge in [-0.2, -0.15) is 4.31 Å². The Morgan fingerprint density at radius 1 is 1.24 bits per heavy atom. The Morgan fingerprint density at radius 2 is 1.96 bits per heavy atom. The second-order valence-corrected chi connectivity index (χ2v) is 8.59. The summed E-state index contributed by atoms with van der Waals surface area (Å²) >= 11 is 0. The predicted molar refractivity (Wildman–Crippen MR) is 97.8 cm³/mol. The van der Waals surface area contributed by atoms with Gasteiger partial charge in [0, 0.05) is 36.2 Å². The summed E-state index contributed by atoms with van der Waals surface area (Å²) in [7, 11) is -3.42. The van der Waals surface area contributed by atoms with Gasteiger partial charge in [-0.1, -0.05) is 6.92 Å². The summed E-state index contributed by atoms with van der Waals surface area (Å²) in [4.78, 5) is 12.4. The minimum Gasteiger partial charge on any atom is -0.352 e. The van der Waals surface area contributed by atoms with Gasteiger partial charge in [0.1, 0.15) is 6.54 Å². The van der Waals surface area contributed by atoms with Gasteiger partial charge in [0.05, 0.1) is 4.90 Å². The standard InChI is InChI=1S/C18H25N3O3S/c1-3-14(2)19-18(22)13-20-11-8-15-12-16(6-7-17(15)20)25(23,24)21-9-4-5-10-21/h6-8,11-12,14H,3-5,9-10,13H2,1-2H3,(H,19,22)/t14-/m1/s1. The van der Waals surface area contributed by atoms with Gasteiger partial charge in [0.15, 0.2) is 0 Å². The molecule has 0 radical (unpaired) electrons. The number of fused-ring (bicyclic) bond motifs is 1. The topological polar surface area (TPSA) is 71.4 Å². The van der Waals surface area contributed by atoms with Crippen molar-refractivity contribution in [3.63, 3.8) is 0 Å². The third kappa shape index (κ3) is 3.72. The number of sulfonamides is 1. The summed E-state index contributed by atoms with van der Waals surface area (Å²) < 4.78 is 28.7. The molecule has 1 saturated heterocycles. The summed E-state index contributed by atoms with van der Waals surface area (Å²) in [5, 5.41) is 3.77. The van der Waals surface area contributed by atoms with Crippen molar-refractivity contribution < 1.29 is 13.2 Å². The van der Waals surface area contributed by atoms with Crippen LogP contribution in [0.25, 0.3) is 10.9 Å². The van der Waals surface area contributed by atoms with Crippen molar-refractivity contribution in [2.75, 3.05) is 13.1 Å². The van der Waals surface area contributed by atoms with Crippen LogP contribution in [-0.4, -0.2) is 42.3 Å². The number of nitrogens with zero attached hydrogens (tertiary/aromatic N) is 2. The van der Waals surface area contributed by atoms with E-state index in [4.69, 9.17) is 0 Å². The van der Waals surface area contributed by atoms with Gasteiger partial charge in [-0.3, -0.25) is 4.79 Å². The molecule has 1 amide bonds. The first-order chi connectivity index (χ1) is 11.9. The number of aromatic nitrogens is 1. The molecule has 25 heavy (non-hydrogen) atoms. The summed E-state index contributed by atoms with van der Waals surface area (Å²) in [5.74, 6) is -0.0411. The first-order valence-electron chi connectivity index (χ1n) is 8.80. The Bertz CT molecular complexity index is 867. The molecule has 136 valence electrons. The first kappa shape index (κ1) is 17.9. The summed E-state index contributed by atoms with van der Waals surface area (Å²) in [6, 6.07) is 7.13. The molecule has 1 aromatic carbocycles. The predicted octanol–water partition coefficient (Wildman–Crippen LogP) is 2.34. The van der Waals surface area contributed by atoms with Crippen molar-refractivity contribution in [2.24, 2.45) is 0 Å². The summed E-state index contributed by atoms with van der Waals surface area (Å²) in [6.07, 6.45) is 4.55. The summed E-state index contributed by atoms with van der Waals surface area (Å²) in [5.41, 5.74) is 0.861. The molecule has 6 nitrogen and oxygen atoms in total. The molecule has 1 N–H and O–H groups in total. The van der Waals surface area contributed by atoms with Crippen molar-refractivity contribution in [3.8, 4) is 0 Å². The van der Waals surface area contributed by atoms with E-state index in [0.29, 0.717) is 18.0 Å². The molecule has 1 aromatic heterocycles. The van der Waals surface area contributed by atoms with Gasteiger partial charge in [-0.15, -0.1) is 0 Å². The van der Waals surface area contributed by atoms with Crippen LogP contribution in [0.3, 0.4) is 0 Å². The Morgan fingerprint density at radius 3 is 2.64 bits per heavy atom. The van der Waals surface area contributed by atoms with E-state index in [1.807, 2.05) is 30.7 Å². The van der Waals surface area contributed by atoms with Crippen molar-refractivity contribution >= 4 is 26.8 Å². The van der Waals surface area contributed by atoms with Crippen molar-refractivity contribution in [1.29, 1.82) is 0 Å². The highest BCUT2D eigenvalue weighted by Gasteiger charge is 2.27. The zero-order valence-corrected chi connectivity index (χ0v) is 15.6. The second kappa shape index (κ2) is 7.17. The number of carbonyl (C=O) groups excluding carboxylic acids is 1. The number of nitrogens with one attached hydrogen (secondary N) is 1. The van der Waals surface area contributed by atoms with E-state index in [9.17, 15) is 13.2 Å². The Balaban J connectivity index is 1.83. The highest BCUT2D eigenvalue weighted by atomic mass is 32.2. The minimum absolute atomic E-state index is 0.0411. The average molecular weight is 363 g/mol. The average Bonchev–Trinajstić information content (AvgIpc) is 3.25. The van der Waals surface area contributed by atoms with Crippen molar-refractivity contribution in [1.82, 2.24) is 14.2 Å². The van der Waals surface area contributed by atoms with Crippen molar-refractivity contribution in [3.05, 3.63) is 30.5 Å². The molecule has 7 heteroatoms. The van der Waals surface area contributed by atoms with Crippen LogP contribution in [0, 0.1) is 0 Å². The third-order valence-corrected chi connectivity index (χ3v) is 6.67. The van der Waals surface area contributed by atoms with E-state index in [0.717, 1.165) is 30.2 Å². The quantitative estimate of drug-likeness (QED) is 0.856. The maximum Gasteiger partial charge on any atom is 0.243 e. The van der Waals surface area contributed by atoms with Crippen LogP contribution >= 0.6 is 0 Å². The highest BCUT2D eigenvalue weighted by molar-refractivity contribution is 7.89. The minimum atomic E-state index is -3.42. The first-order valence-corrected chi connectivity index (χ1v) is 10.2. The molecule has 1 fully saturated rings. The van der Waals surface area contributed by atoms with Crippen LogP contribution < -0.4 is 5.32 Å². The fraction of sp³-hybridized carbons (Fsp3) is 0.500. The fourth-order valence-corrected chi connectivity index (χ4v) is 4.68. The third-order valence-electron chi connectivity index (χ3n) is 4.78. The lowest BCUT2D eigenvalue weighted by molar-refractivity contribution is -0.122. The van der Waals surface area contributed by atoms with Crippen LogP contribution in [0.2, 0.25) is 0 Å². The molecule has 0 unspecified atom stereocenters. The van der Waals surface area contributed by atoms with Crippen LogP contribution in [0.4, 0.5) is 0 Å². The van der Waals surface area contributed by atoms with Gasteiger partial charge >= 0.3 is 0 Å². The van der Waals surface area contributed by atoms with E-state index in [-0.39, 0.29) is 18.5 Å². The summed E-state index contributed by atoms with van der Waals surface area (Å²) in [6.45, 7) is 5.42. The number of hydrogen-bond acceptors (Lipinski definition) is 3. The Kier molecular flexibility index (Phi) is 5.15. The molecular weight excluding hydrogens is 338 g/mol. The fourth-order valence-electron chi connectivity index (χ4n) is 3.13. The molecule has 1 aliphatic heterocycles. The molecular formula is C18H25N3O3S. The molecule has 0 bridgehead atoms. The normalized spacial score (nSPS) is 17.0. The lowest BCUT2D eigenvalue weighted by Crippen LogP contribution is -2.34. The highest BCUT2D eigenvalue weighted by Crippen LogP contribution is 2.25. The van der Waals surface area contributed by atoms with E-state index in [1.54, 1.807) is 22.5 Å². The number of rotatable bonds is 6. The molecule has 1 aliphatic rings. The van der Waals surface area contributed by atoms with Crippen LogP contribution in [-0.2, 0) is 21.4 Å². The molecule has 0 saturated carbocycles. The van der Waals surface area contributed by atoms with Gasteiger partial charge in [-0.05, 0) is 50.5 Å². The lowest BCUT2D eigenvalue weighted by atomic mass is 10.2. The van der Waals surface area contributed by atoms with Gasteiger partial charge in [0.25, 0.3) is 0 Å². The maximum atomic E-state index is 12.7. The maximum absolute atomic E-state index is 12.7. The van der Waals surface area contributed by atoms with Crippen LogP contribution in [0.15, 0.2) is 35.4 Å². The largest absolute Gasteiger partial charge is 0.352 e. The van der Waals surface area contributed by atoms with E-state index < -0.39 is 10.0 Å². The number of amides is 1. The van der Waals surface area contributed by atoms with Gasteiger partial charge in [-0.25, -0.2) is 8.42 Å². The molecule has 2 heterocycles. The van der Waals surface area contributed by atoms with Crippen LogP contribution in [0.5, 0.6) is 0 Å². The monoisotopic (exact) mass is 363 g/mol. The molecule has 0 aliphatic carbocycles. The SMILES string of the molecule is CC[C@@H](C)NC(=O)Cn1ccc2cc(S(=O)(=O)N3CCCC3)ccc21. The number of carbonyl (C=O) groups is 1. The number of benzene rings is 1. The zero-order chi connectivity index (χ0) is 18.0. The van der Waals surface area contributed by atoms with E-state index in [2.05, 4.69) is 5.32 Å². The zero-order valence-electron chi connectivity index (χ0n) is 14.7. The Hall–Kier alpha value is -1.86. The smallest absolute Gasteiger partial charge is 0.243 e. The van der Waals surface area contributed by atoms with Crippen LogP contribution in [0.1, 0.15) is 33.1 Å². The molecule has 1 atom stereocenters. The van der Waals surface area contributed by atoms with Crippen molar-refractivity contribution in [2.45, 2.75) is 50.6 Å². The second-order valence-electron chi connectivity index (χ2n) is 6.65. The molecule has 0 spiro atoms. The number of hydrogen-bond donors (Lipinski definition) is 1. The molecule has 2 aromatic rings. The van der Waals surface area contributed by atoms with E-state index in [1.165, 1.54) is 0 Å². The Labute approximate surface area is 148 Å².